The van der Waals surface area contributed by atoms with Crippen LogP contribution in [-0.4, -0.2) is 17.1 Å². The molecule has 0 heterocycles. The Balaban J connectivity index is 4.07. The van der Waals surface area contributed by atoms with Crippen LogP contribution in [0.15, 0.2) is 12.2 Å². The Morgan fingerprint density at radius 1 is 1.70 bits per heavy atom. The van der Waals surface area contributed by atoms with E-state index in [4.69, 9.17) is 10.8 Å². The van der Waals surface area contributed by atoms with Gasteiger partial charge in [-0.2, -0.15) is 0 Å². The van der Waals surface area contributed by atoms with Crippen LogP contribution in [0.3, 0.4) is 0 Å². The maximum absolute atomic E-state index is 10.5. The molecular weight excluding hydrogens is 130 g/mol. The molecule has 0 fully saturated rings. The molecule has 0 radical (unpaired) electrons. The zero-order valence-electron chi connectivity index (χ0n) is 6.29. The molecule has 58 valence electrons. The van der Waals surface area contributed by atoms with Crippen molar-refractivity contribution in [1.82, 2.24) is 0 Å². The Labute approximate surface area is 60.5 Å². The number of nitrogens with two attached hydrogens (primary N) is 1. The van der Waals surface area contributed by atoms with E-state index in [-0.39, 0.29) is 0 Å². The number of aliphatic hydroxyl groups is 1. The monoisotopic (exact) mass is 143 g/mol. The third-order valence-electron chi connectivity index (χ3n) is 1.43. The number of hydrogen-bond acceptors (Lipinski definition) is 2. The molecule has 0 saturated carbocycles. The van der Waals surface area contributed by atoms with Gasteiger partial charge in [0.1, 0.15) is 0 Å². The van der Waals surface area contributed by atoms with Crippen LogP contribution in [0.4, 0.5) is 0 Å². The standard InChI is InChI=1S/C7H13NO2/c1-4(2)6(9)5(3)7(8)10/h5-6,9H,1H2,2-3H3,(H2,8,10)/t5-,6+/m0/s1. The molecule has 10 heavy (non-hydrogen) atoms. The lowest BCUT2D eigenvalue weighted by Crippen LogP contribution is -2.31. The van der Waals surface area contributed by atoms with Crippen LogP contribution in [0.25, 0.3) is 0 Å². The van der Waals surface area contributed by atoms with Gasteiger partial charge in [-0.25, -0.2) is 0 Å². The minimum Gasteiger partial charge on any atom is -0.388 e. The van der Waals surface area contributed by atoms with Crippen LogP contribution in [-0.2, 0) is 4.79 Å². The fraction of sp³-hybridized carbons (Fsp3) is 0.571. The van der Waals surface area contributed by atoms with Gasteiger partial charge in [0.25, 0.3) is 0 Å². The van der Waals surface area contributed by atoms with E-state index < -0.39 is 17.9 Å². The fourth-order valence-corrected chi connectivity index (χ4v) is 0.582. The van der Waals surface area contributed by atoms with E-state index in [9.17, 15) is 4.79 Å². The highest BCUT2D eigenvalue weighted by atomic mass is 16.3. The summed E-state index contributed by atoms with van der Waals surface area (Å²) in [6.45, 7) is 6.73. The van der Waals surface area contributed by atoms with E-state index in [1.807, 2.05) is 0 Å². The Morgan fingerprint density at radius 3 is 2.20 bits per heavy atom. The van der Waals surface area contributed by atoms with Crippen molar-refractivity contribution in [2.75, 3.05) is 0 Å². The Bertz CT molecular complexity index is 136. The predicted molar refractivity (Wildman–Crippen MR) is 39.2 cm³/mol. The Kier molecular flexibility index (Phi) is 3.09. The SMILES string of the molecule is C=C(C)[C@@H](O)[C@H](C)C(N)=O. The molecule has 1 amide bonds. The molecule has 0 aromatic heterocycles. The van der Waals surface area contributed by atoms with Gasteiger partial charge in [-0.15, -0.1) is 0 Å². The second kappa shape index (κ2) is 3.37. The highest BCUT2D eigenvalue weighted by molar-refractivity contribution is 5.77. The maximum Gasteiger partial charge on any atom is 0.223 e. The van der Waals surface area contributed by atoms with Gasteiger partial charge in [0.15, 0.2) is 0 Å². The number of aliphatic hydroxyl groups excluding tert-OH is 1. The summed E-state index contributed by atoms with van der Waals surface area (Å²) in [6.07, 6.45) is -0.808. The average molecular weight is 143 g/mol. The zero-order valence-corrected chi connectivity index (χ0v) is 6.29. The van der Waals surface area contributed by atoms with E-state index in [0.717, 1.165) is 0 Å². The molecule has 2 atom stereocenters. The number of carbonyl (C=O) groups is 1. The van der Waals surface area contributed by atoms with Crippen molar-refractivity contribution < 1.29 is 9.90 Å². The van der Waals surface area contributed by atoms with Gasteiger partial charge >= 0.3 is 0 Å². The molecule has 0 rings (SSSR count). The minimum atomic E-state index is -0.808. The highest BCUT2D eigenvalue weighted by Gasteiger charge is 2.19. The number of carbonyl (C=O) groups excluding carboxylic acids is 1. The molecule has 3 heteroatoms. The van der Waals surface area contributed by atoms with Gasteiger partial charge in [0.05, 0.1) is 12.0 Å². The molecular formula is C7H13NO2. The molecule has 0 spiro atoms. The number of amides is 1. The lowest BCUT2D eigenvalue weighted by Gasteiger charge is -2.14. The van der Waals surface area contributed by atoms with Crippen LogP contribution >= 0.6 is 0 Å². The predicted octanol–water partition coefficient (Wildman–Crippen LogP) is 0.0448. The first-order valence-electron chi connectivity index (χ1n) is 3.09. The summed E-state index contributed by atoms with van der Waals surface area (Å²) in [6, 6.07) is 0. The summed E-state index contributed by atoms with van der Waals surface area (Å²) in [5.41, 5.74) is 5.50. The second-order valence-electron chi connectivity index (χ2n) is 2.48. The lowest BCUT2D eigenvalue weighted by molar-refractivity contribution is -0.123. The van der Waals surface area contributed by atoms with Crippen molar-refractivity contribution in [1.29, 1.82) is 0 Å². The molecule has 0 bridgehead atoms. The van der Waals surface area contributed by atoms with Gasteiger partial charge in [-0.1, -0.05) is 19.1 Å². The first-order valence-corrected chi connectivity index (χ1v) is 3.09. The molecule has 0 aromatic rings. The highest BCUT2D eigenvalue weighted by Crippen LogP contribution is 2.08. The van der Waals surface area contributed by atoms with Crippen LogP contribution in [0.2, 0.25) is 0 Å². The van der Waals surface area contributed by atoms with Crippen molar-refractivity contribution >= 4 is 5.91 Å². The molecule has 0 saturated heterocycles. The summed E-state index contributed by atoms with van der Waals surface area (Å²) in [5, 5.41) is 9.16. The van der Waals surface area contributed by atoms with E-state index in [1.54, 1.807) is 13.8 Å². The lowest BCUT2D eigenvalue weighted by atomic mass is 9.99. The summed E-state index contributed by atoms with van der Waals surface area (Å²) in [7, 11) is 0. The second-order valence-corrected chi connectivity index (χ2v) is 2.48. The van der Waals surface area contributed by atoms with Crippen LogP contribution in [0, 0.1) is 5.92 Å². The number of primary amides is 1. The normalized spacial score (nSPS) is 15.9. The smallest absolute Gasteiger partial charge is 0.223 e. The molecule has 3 N–H and O–H groups in total. The summed E-state index contributed by atoms with van der Waals surface area (Å²) < 4.78 is 0. The number of rotatable bonds is 3. The fourth-order valence-electron chi connectivity index (χ4n) is 0.582. The van der Waals surface area contributed by atoms with Crippen molar-refractivity contribution in [2.45, 2.75) is 20.0 Å². The summed E-state index contributed by atoms with van der Waals surface area (Å²) in [5.74, 6) is -1.05. The third-order valence-corrected chi connectivity index (χ3v) is 1.43. The van der Waals surface area contributed by atoms with Crippen molar-refractivity contribution in [3.05, 3.63) is 12.2 Å². The van der Waals surface area contributed by atoms with Crippen molar-refractivity contribution in [3.63, 3.8) is 0 Å². The largest absolute Gasteiger partial charge is 0.388 e. The summed E-state index contributed by atoms with van der Waals surface area (Å²) >= 11 is 0. The number of hydrogen-bond donors (Lipinski definition) is 2. The van der Waals surface area contributed by atoms with Gasteiger partial charge in [0.2, 0.25) is 5.91 Å². The average Bonchev–Trinajstić information content (AvgIpc) is 1.84. The maximum atomic E-state index is 10.5. The van der Waals surface area contributed by atoms with Gasteiger partial charge < -0.3 is 10.8 Å². The van der Waals surface area contributed by atoms with Gasteiger partial charge in [0, 0.05) is 0 Å². The third kappa shape index (κ3) is 2.19. The molecule has 0 unspecified atom stereocenters. The quantitative estimate of drug-likeness (QED) is 0.548. The molecule has 0 aromatic carbocycles. The van der Waals surface area contributed by atoms with Crippen molar-refractivity contribution in [3.8, 4) is 0 Å². The molecule has 3 nitrogen and oxygen atoms in total. The van der Waals surface area contributed by atoms with E-state index in [2.05, 4.69) is 6.58 Å². The molecule has 0 aliphatic carbocycles. The van der Waals surface area contributed by atoms with Gasteiger partial charge in [-0.05, 0) is 6.92 Å². The van der Waals surface area contributed by atoms with E-state index >= 15 is 0 Å². The topological polar surface area (TPSA) is 63.3 Å². The van der Waals surface area contributed by atoms with Crippen LogP contribution < -0.4 is 5.73 Å². The van der Waals surface area contributed by atoms with E-state index in [1.165, 1.54) is 0 Å². The minimum absolute atomic E-state index is 0.504. The molecule has 0 aliphatic heterocycles. The first kappa shape index (κ1) is 9.17. The zero-order chi connectivity index (χ0) is 8.31. The Hall–Kier alpha value is -0.830. The van der Waals surface area contributed by atoms with Gasteiger partial charge in [-0.3, -0.25) is 4.79 Å². The van der Waals surface area contributed by atoms with E-state index in [0.29, 0.717) is 5.57 Å². The molecule has 0 aliphatic rings. The summed E-state index contributed by atoms with van der Waals surface area (Å²) in [4.78, 5) is 10.5. The van der Waals surface area contributed by atoms with Crippen molar-refractivity contribution in [2.24, 2.45) is 11.7 Å². The first-order chi connectivity index (χ1) is 4.46. The van der Waals surface area contributed by atoms with Crippen LogP contribution in [0.5, 0.6) is 0 Å². The van der Waals surface area contributed by atoms with Crippen LogP contribution in [0.1, 0.15) is 13.8 Å². The Morgan fingerprint density at radius 2 is 2.10 bits per heavy atom.